The Morgan fingerprint density at radius 2 is 2.00 bits per heavy atom. The van der Waals surface area contributed by atoms with Crippen LogP contribution in [0.1, 0.15) is 39.5 Å². The first-order valence-corrected chi connectivity index (χ1v) is 6.85. The number of hydrogen-bond donors (Lipinski definition) is 3. The van der Waals surface area contributed by atoms with E-state index in [-0.39, 0.29) is 18.1 Å². The van der Waals surface area contributed by atoms with Crippen LogP contribution < -0.4 is 10.6 Å². The molecule has 108 valence electrons. The van der Waals surface area contributed by atoms with Crippen LogP contribution in [-0.4, -0.2) is 41.4 Å². The Morgan fingerprint density at radius 3 is 2.53 bits per heavy atom. The van der Waals surface area contributed by atoms with E-state index in [1.54, 1.807) is 6.92 Å². The summed E-state index contributed by atoms with van der Waals surface area (Å²) in [5.74, 6) is -0.921. The van der Waals surface area contributed by atoms with Crippen LogP contribution in [0, 0.1) is 5.92 Å². The third-order valence-electron chi connectivity index (χ3n) is 4.03. The van der Waals surface area contributed by atoms with Gasteiger partial charge in [-0.15, -0.1) is 0 Å². The Bertz CT molecular complexity index is 370. The highest BCUT2D eigenvalue weighted by molar-refractivity contribution is 5.86. The average Bonchev–Trinajstić information content (AvgIpc) is 3.12. The standard InChI is InChI=1S/C13H22N2O4/c1-8-7-10(5-6-19-8)14-12(18)15-13(2,11(16)17)9-3-4-9/h8-10H,3-7H2,1-2H3,(H,16,17)(H2,14,15,18). The summed E-state index contributed by atoms with van der Waals surface area (Å²) in [6, 6.07) is -0.336. The van der Waals surface area contributed by atoms with Gasteiger partial charge in [-0.3, -0.25) is 0 Å². The molecule has 0 bridgehead atoms. The highest BCUT2D eigenvalue weighted by atomic mass is 16.5. The summed E-state index contributed by atoms with van der Waals surface area (Å²) in [6.07, 6.45) is 3.38. The maximum atomic E-state index is 11.9. The molecule has 0 aromatic heterocycles. The summed E-state index contributed by atoms with van der Waals surface area (Å²) in [5.41, 5.74) is -1.15. The largest absolute Gasteiger partial charge is 0.480 e. The lowest BCUT2D eigenvalue weighted by molar-refractivity contribution is -0.144. The fraction of sp³-hybridized carbons (Fsp3) is 0.846. The number of ether oxygens (including phenoxy) is 1. The zero-order valence-corrected chi connectivity index (χ0v) is 11.4. The van der Waals surface area contributed by atoms with Crippen LogP contribution >= 0.6 is 0 Å². The molecular formula is C13H22N2O4. The molecule has 1 heterocycles. The molecule has 3 unspecified atom stereocenters. The number of aliphatic carboxylic acids is 1. The van der Waals surface area contributed by atoms with E-state index in [4.69, 9.17) is 4.74 Å². The summed E-state index contributed by atoms with van der Waals surface area (Å²) in [6.45, 7) is 4.18. The third kappa shape index (κ3) is 3.37. The summed E-state index contributed by atoms with van der Waals surface area (Å²) in [4.78, 5) is 23.3. The number of carbonyl (C=O) groups excluding carboxylic acids is 1. The van der Waals surface area contributed by atoms with Gasteiger partial charge < -0.3 is 20.5 Å². The van der Waals surface area contributed by atoms with E-state index in [0.29, 0.717) is 6.61 Å². The Kier molecular flexibility index (Phi) is 3.99. The molecule has 2 rings (SSSR count). The van der Waals surface area contributed by atoms with Gasteiger partial charge in [0.1, 0.15) is 5.54 Å². The first-order chi connectivity index (χ1) is 8.91. The number of amides is 2. The monoisotopic (exact) mass is 270 g/mol. The lowest BCUT2D eigenvalue weighted by Gasteiger charge is -2.31. The molecule has 1 aliphatic heterocycles. The molecule has 2 amide bonds. The van der Waals surface area contributed by atoms with Crippen LogP contribution in [0.3, 0.4) is 0 Å². The predicted molar refractivity (Wildman–Crippen MR) is 68.9 cm³/mol. The summed E-state index contributed by atoms with van der Waals surface area (Å²) in [7, 11) is 0. The number of urea groups is 1. The number of carbonyl (C=O) groups is 2. The van der Waals surface area contributed by atoms with Gasteiger partial charge in [0, 0.05) is 12.6 Å². The molecule has 2 aliphatic rings. The quantitative estimate of drug-likeness (QED) is 0.714. The zero-order valence-electron chi connectivity index (χ0n) is 11.4. The Morgan fingerprint density at radius 1 is 1.32 bits per heavy atom. The van der Waals surface area contributed by atoms with Crippen LogP contribution in [0.5, 0.6) is 0 Å². The van der Waals surface area contributed by atoms with E-state index in [1.807, 2.05) is 6.92 Å². The van der Waals surface area contributed by atoms with Crippen molar-refractivity contribution < 1.29 is 19.4 Å². The Hall–Kier alpha value is -1.30. The minimum Gasteiger partial charge on any atom is -0.480 e. The van der Waals surface area contributed by atoms with E-state index < -0.39 is 17.5 Å². The lowest BCUT2D eigenvalue weighted by atomic mass is 9.96. The summed E-state index contributed by atoms with van der Waals surface area (Å²) >= 11 is 0. The summed E-state index contributed by atoms with van der Waals surface area (Å²) < 4.78 is 5.41. The second-order valence-corrected chi connectivity index (χ2v) is 5.78. The lowest BCUT2D eigenvalue weighted by Crippen LogP contribution is -2.58. The van der Waals surface area contributed by atoms with Crippen LogP contribution in [0.25, 0.3) is 0 Å². The van der Waals surface area contributed by atoms with Gasteiger partial charge in [0.25, 0.3) is 0 Å². The highest BCUT2D eigenvalue weighted by Gasteiger charge is 2.48. The van der Waals surface area contributed by atoms with Gasteiger partial charge in [-0.2, -0.15) is 0 Å². The van der Waals surface area contributed by atoms with Gasteiger partial charge in [0.2, 0.25) is 0 Å². The molecule has 3 N–H and O–H groups in total. The molecule has 0 aromatic rings. The number of carboxylic acids is 1. The van der Waals surface area contributed by atoms with Crippen molar-refractivity contribution in [3.63, 3.8) is 0 Å². The average molecular weight is 270 g/mol. The van der Waals surface area contributed by atoms with Gasteiger partial charge in [0.15, 0.2) is 0 Å². The molecule has 1 saturated carbocycles. The Labute approximate surface area is 112 Å². The van der Waals surface area contributed by atoms with Gasteiger partial charge in [-0.1, -0.05) is 0 Å². The number of rotatable bonds is 4. The van der Waals surface area contributed by atoms with Crippen molar-refractivity contribution in [2.75, 3.05) is 6.61 Å². The number of carboxylic acid groups (broad SMARTS) is 1. The maximum Gasteiger partial charge on any atom is 0.329 e. The van der Waals surface area contributed by atoms with Crippen LogP contribution in [0.2, 0.25) is 0 Å². The van der Waals surface area contributed by atoms with Crippen molar-refractivity contribution >= 4 is 12.0 Å². The molecule has 0 aromatic carbocycles. The van der Waals surface area contributed by atoms with E-state index >= 15 is 0 Å². The molecular weight excluding hydrogens is 248 g/mol. The minimum atomic E-state index is -1.15. The van der Waals surface area contributed by atoms with Crippen molar-refractivity contribution in [1.82, 2.24) is 10.6 Å². The zero-order chi connectivity index (χ0) is 14.0. The first kappa shape index (κ1) is 14.1. The summed E-state index contributed by atoms with van der Waals surface area (Å²) in [5, 5.41) is 14.8. The SMILES string of the molecule is CC1CC(NC(=O)NC(C)(C(=O)O)C2CC2)CCO1. The smallest absolute Gasteiger partial charge is 0.329 e. The third-order valence-corrected chi connectivity index (χ3v) is 4.03. The van der Waals surface area contributed by atoms with Crippen molar-refractivity contribution in [3.8, 4) is 0 Å². The maximum absolute atomic E-state index is 11.9. The normalized spacial score (nSPS) is 30.2. The van der Waals surface area contributed by atoms with Crippen LogP contribution in [0.4, 0.5) is 4.79 Å². The second kappa shape index (κ2) is 5.36. The first-order valence-electron chi connectivity index (χ1n) is 6.85. The van der Waals surface area contributed by atoms with E-state index in [0.717, 1.165) is 25.7 Å². The van der Waals surface area contributed by atoms with Crippen molar-refractivity contribution in [2.45, 2.75) is 57.2 Å². The topological polar surface area (TPSA) is 87.7 Å². The van der Waals surface area contributed by atoms with Crippen molar-refractivity contribution in [2.24, 2.45) is 5.92 Å². The van der Waals surface area contributed by atoms with Gasteiger partial charge in [-0.25, -0.2) is 9.59 Å². The molecule has 3 atom stereocenters. The highest BCUT2D eigenvalue weighted by Crippen LogP contribution is 2.39. The van der Waals surface area contributed by atoms with E-state index in [1.165, 1.54) is 0 Å². The minimum absolute atomic E-state index is 0.0457. The second-order valence-electron chi connectivity index (χ2n) is 5.78. The molecule has 19 heavy (non-hydrogen) atoms. The molecule has 0 radical (unpaired) electrons. The van der Waals surface area contributed by atoms with Crippen molar-refractivity contribution in [1.29, 1.82) is 0 Å². The van der Waals surface area contributed by atoms with Gasteiger partial charge in [-0.05, 0) is 45.4 Å². The van der Waals surface area contributed by atoms with E-state index in [2.05, 4.69) is 10.6 Å². The molecule has 1 aliphatic carbocycles. The van der Waals surface area contributed by atoms with Crippen LogP contribution in [0.15, 0.2) is 0 Å². The fourth-order valence-corrected chi connectivity index (χ4v) is 2.58. The van der Waals surface area contributed by atoms with Gasteiger partial charge in [0.05, 0.1) is 6.10 Å². The molecule has 2 fully saturated rings. The molecule has 0 spiro atoms. The number of hydrogen-bond acceptors (Lipinski definition) is 3. The molecule has 6 heteroatoms. The Balaban J connectivity index is 1.87. The van der Waals surface area contributed by atoms with Crippen LogP contribution in [-0.2, 0) is 9.53 Å². The van der Waals surface area contributed by atoms with Crippen molar-refractivity contribution in [3.05, 3.63) is 0 Å². The predicted octanol–water partition coefficient (Wildman–Crippen LogP) is 1.11. The van der Waals surface area contributed by atoms with E-state index in [9.17, 15) is 14.7 Å². The number of nitrogens with one attached hydrogen (secondary N) is 2. The van der Waals surface area contributed by atoms with Gasteiger partial charge >= 0.3 is 12.0 Å². The molecule has 1 saturated heterocycles. The fourth-order valence-electron chi connectivity index (χ4n) is 2.58. The molecule has 6 nitrogen and oxygen atoms in total.